The van der Waals surface area contributed by atoms with E-state index in [1.807, 2.05) is 0 Å². The number of carboxylic acid groups (broad SMARTS) is 1. The molecule has 6 aliphatic rings. The van der Waals surface area contributed by atoms with Crippen molar-refractivity contribution in [2.24, 2.45) is 40.4 Å². The summed E-state index contributed by atoms with van der Waals surface area (Å²) in [6, 6.07) is 0.0193. The first kappa shape index (κ1) is 28.0. The van der Waals surface area contributed by atoms with E-state index in [1.54, 1.807) is 11.0 Å². The van der Waals surface area contributed by atoms with E-state index in [2.05, 4.69) is 19.2 Å². The summed E-state index contributed by atoms with van der Waals surface area (Å²) >= 11 is 0. The van der Waals surface area contributed by atoms with Crippen LogP contribution in [0.25, 0.3) is 0 Å². The van der Waals surface area contributed by atoms with Crippen LogP contribution in [0.2, 0.25) is 0 Å². The zero-order chi connectivity index (χ0) is 28.4. The Hall–Kier alpha value is -2.13. The van der Waals surface area contributed by atoms with Gasteiger partial charge in [0.1, 0.15) is 12.7 Å². The average Bonchev–Trinajstić information content (AvgIpc) is 3.27. The first-order valence-corrected chi connectivity index (χ1v) is 15.4. The van der Waals surface area contributed by atoms with E-state index in [0.717, 1.165) is 70.0 Å². The molecule has 3 unspecified atom stereocenters. The molecular formula is C31H46N2O7. The van der Waals surface area contributed by atoms with Crippen LogP contribution < -0.4 is 5.32 Å². The minimum Gasteiger partial charge on any atom is -0.465 e. The topological polar surface area (TPSA) is 125 Å². The fourth-order valence-corrected chi connectivity index (χ4v) is 10.7. The molecule has 9 nitrogen and oxygen atoms in total. The van der Waals surface area contributed by atoms with Gasteiger partial charge in [0.05, 0.1) is 11.6 Å². The molecule has 2 heterocycles. The number of amides is 1. The van der Waals surface area contributed by atoms with E-state index in [-0.39, 0.29) is 41.8 Å². The molecule has 222 valence electrons. The van der Waals surface area contributed by atoms with Gasteiger partial charge in [-0.05, 0) is 92.6 Å². The molecule has 0 radical (unpaired) electrons. The Morgan fingerprint density at radius 2 is 1.95 bits per heavy atom. The monoisotopic (exact) mass is 558 g/mol. The fraction of sp³-hybridized carbons (Fsp3) is 0.839. The SMILES string of the molecule is CC(=O)O[C@H]1C[C@]2(O)[C@@H]3CCC4CC(C5CNCCCN5C(=O)O)CC[C@]4(C)[C@H]3CC[C@]2(C)[C@H]1C1=CC(=O)OC1. The molecule has 3 N–H and O–H groups in total. The summed E-state index contributed by atoms with van der Waals surface area (Å²) in [4.78, 5) is 38.0. The molecule has 0 spiro atoms. The molecule has 10 atom stereocenters. The second kappa shape index (κ2) is 10.0. The lowest BCUT2D eigenvalue weighted by Gasteiger charge is -2.64. The Bertz CT molecular complexity index is 1090. The number of aliphatic hydroxyl groups is 1. The predicted octanol–water partition coefficient (Wildman–Crippen LogP) is 3.74. The molecule has 0 aromatic heterocycles. The van der Waals surface area contributed by atoms with Crippen LogP contribution in [0.15, 0.2) is 11.6 Å². The van der Waals surface area contributed by atoms with Crippen molar-refractivity contribution < 1.29 is 34.1 Å². The molecule has 2 aliphatic heterocycles. The summed E-state index contributed by atoms with van der Waals surface area (Å²) < 4.78 is 11.1. The van der Waals surface area contributed by atoms with Gasteiger partial charge >= 0.3 is 18.0 Å². The van der Waals surface area contributed by atoms with Crippen LogP contribution in [0, 0.1) is 40.4 Å². The molecule has 9 heteroatoms. The van der Waals surface area contributed by atoms with Crippen LogP contribution in [-0.4, -0.2) is 77.1 Å². The number of carbonyl (C=O) groups is 3. The van der Waals surface area contributed by atoms with Crippen molar-refractivity contribution in [2.45, 2.75) is 96.3 Å². The summed E-state index contributed by atoms with van der Waals surface area (Å²) in [6.45, 7) is 8.38. The third-order valence-electron chi connectivity index (χ3n) is 12.6. The van der Waals surface area contributed by atoms with Gasteiger partial charge < -0.3 is 29.9 Å². The highest BCUT2D eigenvalue weighted by Crippen LogP contribution is 2.70. The molecule has 6 rings (SSSR count). The van der Waals surface area contributed by atoms with Gasteiger partial charge in [-0.15, -0.1) is 0 Å². The Morgan fingerprint density at radius 1 is 1.15 bits per heavy atom. The highest BCUT2D eigenvalue weighted by molar-refractivity contribution is 5.85. The zero-order valence-electron chi connectivity index (χ0n) is 24.2. The standard InChI is InChI=1S/C31H46N2O7/c1-18(34)40-25-15-31(38)23-6-5-21-13-19(24-16-32-11-4-12-33(24)28(36)37)7-9-29(21,2)22(23)8-10-30(31,3)27(25)20-14-26(35)39-17-20/h14,19,21-25,27,32,38H,4-13,15-17H2,1-3H3,(H,36,37)/t19?,21?,22-,23+,24?,25-,27-,29-,30+,31-/m0/s1. The minimum absolute atomic E-state index is 0.0193. The number of esters is 2. The third kappa shape index (κ3) is 4.20. The molecule has 1 amide bonds. The van der Waals surface area contributed by atoms with Crippen LogP contribution in [0.1, 0.15) is 78.6 Å². The molecule has 5 fully saturated rings. The van der Waals surface area contributed by atoms with Crippen LogP contribution in [0.4, 0.5) is 4.79 Å². The number of ether oxygens (including phenoxy) is 2. The molecule has 1 saturated heterocycles. The lowest BCUT2D eigenvalue weighted by molar-refractivity contribution is -0.207. The molecular weight excluding hydrogens is 512 g/mol. The normalized spacial score (nSPS) is 46.8. The van der Waals surface area contributed by atoms with E-state index < -0.39 is 23.2 Å². The molecule has 4 saturated carbocycles. The van der Waals surface area contributed by atoms with Gasteiger partial charge in [0.25, 0.3) is 0 Å². The number of nitrogens with zero attached hydrogens (tertiary/aromatic N) is 1. The van der Waals surface area contributed by atoms with Crippen LogP contribution in [0.3, 0.4) is 0 Å². The van der Waals surface area contributed by atoms with Crippen LogP contribution in [0.5, 0.6) is 0 Å². The number of cyclic esters (lactones) is 1. The van der Waals surface area contributed by atoms with Gasteiger partial charge in [-0.2, -0.15) is 0 Å². The number of hydrogen-bond acceptors (Lipinski definition) is 7. The number of fused-ring (bicyclic) bond motifs is 5. The maximum absolute atomic E-state index is 12.7. The van der Waals surface area contributed by atoms with E-state index >= 15 is 0 Å². The van der Waals surface area contributed by atoms with Gasteiger partial charge in [0.2, 0.25) is 0 Å². The van der Waals surface area contributed by atoms with Gasteiger partial charge in [0, 0.05) is 43.8 Å². The lowest BCUT2D eigenvalue weighted by atomic mass is 9.42. The van der Waals surface area contributed by atoms with Crippen molar-refractivity contribution in [2.75, 3.05) is 26.2 Å². The molecule has 40 heavy (non-hydrogen) atoms. The maximum atomic E-state index is 12.7. The smallest absolute Gasteiger partial charge is 0.407 e. The second-order valence-corrected chi connectivity index (χ2v) is 14.2. The first-order valence-electron chi connectivity index (χ1n) is 15.4. The van der Waals surface area contributed by atoms with Crippen molar-refractivity contribution in [3.05, 3.63) is 11.6 Å². The lowest BCUT2D eigenvalue weighted by Crippen LogP contribution is -2.62. The largest absolute Gasteiger partial charge is 0.465 e. The number of carbonyl (C=O) groups excluding carboxylic acids is 2. The zero-order valence-corrected chi connectivity index (χ0v) is 24.2. The van der Waals surface area contributed by atoms with Gasteiger partial charge in [-0.1, -0.05) is 13.8 Å². The van der Waals surface area contributed by atoms with Gasteiger partial charge in [-0.3, -0.25) is 4.79 Å². The maximum Gasteiger partial charge on any atom is 0.407 e. The van der Waals surface area contributed by atoms with Gasteiger partial charge in [-0.25, -0.2) is 9.59 Å². The van der Waals surface area contributed by atoms with E-state index in [0.29, 0.717) is 30.7 Å². The van der Waals surface area contributed by atoms with Crippen LogP contribution >= 0.6 is 0 Å². The van der Waals surface area contributed by atoms with Crippen molar-refractivity contribution in [1.82, 2.24) is 10.2 Å². The highest BCUT2D eigenvalue weighted by atomic mass is 16.5. The fourth-order valence-electron chi connectivity index (χ4n) is 10.7. The average molecular weight is 559 g/mol. The Balaban J connectivity index is 1.26. The van der Waals surface area contributed by atoms with Crippen molar-refractivity contribution in [1.29, 1.82) is 0 Å². The first-order chi connectivity index (χ1) is 19.0. The predicted molar refractivity (Wildman–Crippen MR) is 146 cm³/mol. The van der Waals surface area contributed by atoms with Crippen molar-refractivity contribution in [3.8, 4) is 0 Å². The van der Waals surface area contributed by atoms with E-state index in [4.69, 9.17) is 9.47 Å². The Kier molecular flexibility index (Phi) is 7.00. The number of nitrogens with one attached hydrogen (secondary N) is 1. The molecule has 0 aromatic rings. The molecule has 0 bridgehead atoms. The summed E-state index contributed by atoms with van der Waals surface area (Å²) in [5, 5.41) is 26.1. The van der Waals surface area contributed by atoms with E-state index in [9.17, 15) is 24.6 Å². The summed E-state index contributed by atoms with van der Waals surface area (Å²) in [7, 11) is 0. The molecule has 0 aromatic carbocycles. The Labute approximate surface area is 237 Å². The Morgan fingerprint density at radius 3 is 2.65 bits per heavy atom. The second-order valence-electron chi connectivity index (χ2n) is 14.2. The van der Waals surface area contributed by atoms with E-state index in [1.165, 1.54) is 6.92 Å². The summed E-state index contributed by atoms with van der Waals surface area (Å²) in [5.41, 5.74) is -0.580. The third-order valence-corrected chi connectivity index (χ3v) is 12.6. The van der Waals surface area contributed by atoms with Crippen molar-refractivity contribution >= 4 is 18.0 Å². The number of hydrogen-bond donors (Lipinski definition) is 3. The van der Waals surface area contributed by atoms with Gasteiger partial charge in [0.15, 0.2) is 0 Å². The van der Waals surface area contributed by atoms with Crippen molar-refractivity contribution in [3.63, 3.8) is 0 Å². The summed E-state index contributed by atoms with van der Waals surface area (Å²) in [5.74, 6) is 0.356. The summed E-state index contributed by atoms with van der Waals surface area (Å²) in [6.07, 6.45) is 8.36. The number of rotatable bonds is 3. The minimum atomic E-state index is -0.997. The van der Waals surface area contributed by atoms with Crippen LogP contribution in [-0.2, 0) is 19.1 Å². The highest BCUT2D eigenvalue weighted by Gasteiger charge is 2.71. The quantitative estimate of drug-likeness (QED) is 0.448. The molecule has 4 aliphatic carbocycles.